The number of hydrogen-bond acceptors (Lipinski definition) is 5. The smallest absolute Gasteiger partial charge is 0.421 e. The van der Waals surface area contributed by atoms with Crippen LogP contribution in [0.5, 0.6) is 5.75 Å². The molecule has 1 fully saturated rings. The van der Waals surface area contributed by atoms with Crippen LogP contribution in [-0.4, -0.2) is 52.7 Å². The highest BCUT2D eigenvalue weighted by molar-refractivity contribution is 5.74. The molecule has 0 amide bonds. The number of nitrogens with zero attached hydrogens (tertiary/aromatic N) is 1. The molecular formula is C26H29F4NO4. The topological polar surface area (TPSA) is 70.0 Å². The molecule has 4 atom stereocenters. The number of rotatable bonds is 6. The fraction of sp³-hybridized carbons (Fsp3) is 0.500. The highest BCUT2D eigenvalue weighted by Crippen LogP contribution is 2.51. The Bertz CT molecular complexity index is 1090. The van der Waals surface area contributed by atoms with Gasteiger partial charge in [0.1, 0.15) is 5.75 Å². The zero-order valence-electron chi connectivity index (χ0n) is 19.6. The van der Waals surface area contributed by atoms with Gasteiger partial charge in [-0.1, -0.05) is 30.3 Å². The van der Waals surface area contributed by atoms with Crippen LogP contribution in [0.4, 0.5) is 17.6 Å². The van der Waals surface area contributed by atoms with E-state index in [1.165, 1.54) is 17.0 Å². The van der Waals surface area contributed by atoms with Crippen LogP contribution in [0.15, 0.2) is 42.5 Å². The molecule has 0 bridgehead atoms. The first-order valence-electron chi connectivity index (χ1n) is 11.7. The molecule has 1 aliphatic carbocycles. The third-order valence-electron chi connectivity index (χ3n) is 7.53. The number of halogens is 4. The van der Waals surface area contributed by atoms with E-state index in [2.05, 4.69) is 0 Å². The van der Waals surface area contributed by atoms with Crippen molar-refractivity contribution in [2.75, 3.05) is 13.2 Å². The fourth-order valence-electron chi connectivity index (χ4n) is 5.67. The van der Waals surface area contributed by atoms with E-state index in [0.29, 0.717) is 31.2 Å². The van der Waals surface area contributed by atoms with Crippen molar-refractivity contribution in [3.63, 3.8) is 0 Å². The van der Waals surface area contributed by atoms with E-state index in [-0.39, 0.29) is 30.5 Å². The van der Waals surface area contributed by atoms with Crippen molar-refractivity contribution in [2.24, 2.45) is 0 Å². The molecule has 4 rings (SSSR count). The highest BCUT2D eigenvalue weighted by Gasteiger charge is 2.55. The largest absolute Gasteiger partial charge is 0.508 e. The average molecular weight is 496 g/mol. The molecule has 0 aromatic heterocycles. The summed E-state index contributed by atoms with van der Waals surface area (Å²) in [5, 5.41) is 19.9. The maximum atomic E-state index is 15.2. The number of aryl methyl sites for hydroxylation is 1. The first-order valence-corrected chi connectivity index (χ1v) is 11.7. The molecule has 1 aliphatic heterocycles. The van der Waals surface area contributed by atoms with Gasteiger partial charge in [-0.15, -0.1) is 0 Å². The average Bonchev–Trinajstić information content (AvgIpc) is 3.18. The standard InChI is InChI=1S/C26H29F4NO4/c1-3-35-23(33)22(27)31-13-12-25(15-16-4-8-19(32)9-5-16)20-10-7-18(24(2,34)26(28,29)30)14-17(20)6-11-21(25)31/h4-5,7-10,14,21-22,32,34H,3,6,11-13,15H2,1-2H3/t21-,22?,24?,25-/m1/s1. The minimum Gasteiger partial charge on any atom is -0.508 e. The van der Waals surface area contributed by atoms with E-state index in [0.717, 1.165) is 18.1 Å². The van der Waals surface area contributed by atoms with Crippen LogP contribution in [0, 0.1) is 0 Å². The van der Waals surface area contributed by atoms with Crippen LogP contribution >= 0.6 is 0 Å². The molecule has 2 unspecified atom stereocenters. The van der Waals surface area contributed by atoms with Gasteiger partial charge in [0.15, 0.2) is 5.60 Å². The Labute approximate surface area is 201 Å². The van der Waals surface area contributed by atoms with Gasteiger partial charge < -0.3 is 14.9 Å². The first kappa shape index (κ1) is 25.4. The molecule has 2 aromatic carbocycles. The third-order valence-corrected chi connectivity index (χ3v) is 7.53. The van der Waals surface area contributed by atoms with E-state index in [1.807, 2.05) is 0 Å². The number of phenolic OH excluding ortho intramolecular Hbond substituents is 1. The highest BCUT2D eigenvalue weighted by atomic mass is 19.4. The van der Waals surface area contributed by atoms with E-state index in [1.54, 1.807) is 37.3 Å². The lowest BCUT2D eigenvalue weighted by Gasteiger charge is -2.44. The van der Waals surface area contributed by atoms with Crippen LogP contribution < -0.4 is 0 Å². The first-order chi connectivity index (χ1) is 16.4. The number of hydrogen-bond donors (Lipinski definition) is 2. The second kappa shape index (κ2) is 9.09. The minimum absolute atomic E-state index is 0.0567. The number of aliphatic hydroxyl groups is 1. The van der Waals surface area contributed by atoms with Crippen molar-refractivity contribution in [1.82, 2.24) is 4.90 Å². The molecular weight excluding hydrogens is 466 g/mol. The minimum atomic E-state index is -4.84. The predicted molar refractivity (Wildman–Crippen MR) is 121 cm³/mol. The van der Waals surface area contributed by atoms with Gasteiger partial charge in [-0.25, -0.2) is 9.18 Å². The maximum Gasteiger partial charge on any atom is 0.421 e. The van der Waals surface area contributed by atoms with Crippen molar-refractivity contribution < 1.29 is 37.3 Å². The summed E-state index contributed by atoms with van der Waals surface area (Å²) in [6.07, 6.45) is -5.03. The maximum absolute atomic E-state index is 15.2. The third kappa shape index (κ3) is 4.40. The normalized spacial score (nSPS) is 24.8. The molecule has 0 saturated carbocycles. The van der Waals surface area contributed by atoms with Crippen LogP contribution in [0.2, 0.25) is 0 Å². The number of fused-ring (bicyclic) bond motifs is 3. The summed E-state index contributed by atoms with van der Waals surface area (Å²) < 4.78 is 60.5. The van der Waals surface area contributed by atoms with Gasteiger partial charge in [0.25, 0.3) is 6.30 Å². The summed E-state index contributed by atoms with van der Waals surface area (Å²) in [7, 11) is 0. The van der Waals surface area contributed by atoms with Gasteiger partial charge >= 0.3 is 12.1 Å². The van der Waals surface area contributed by atoms with E-state index in [4.69, 9.17) is 4.74 Å². The van der Waals surface area contributed by atoms with E-state index >= 15 is 4.39 Å². The Morgan fingerprint density at radius 3 is 2.54 bits per heavy atom. The van der Waals surface area contributed by atoms with E-state index < -0.39 is 29.5 Å². The summed E-state index contributed by atoms with van der Waals surface area (Å²) in [5.74, 6) is -0.847. The summed E-state index contributed by atoms with van der Waals surface area (Å²) >= 11 is 0. The number of alkyl halides is 4. The van der Waals surface area contributed by atoms with Crippen molar-refractivity contribution in [3.05, 3.63) is 64.7 Å². The molecule has 2 N–H and O–H groups in total. The number of carbonyl (C=O) groups is 1. The number of aromatic hydroxyl groups is 1. The lowest BCUT2D eigenvalue weighted by Crippen LogP contribution is -2.51. The Morgan fingerprint density at radius 2 is 1.91 bits per heavy atom. The van der Waals surface area contributed by atoms with Gasteiger partial charge in [0, 0.05) is 18.0 Å². The molecule has 9 heteroatoms. The molecule has 0 radical (unpaired) electrons. The number of likely N-dealkylation sites (tertiary alicyclic amines) is 1. The van der Waals surface area contributed by atoms with Crippen molar-refractivity contribution in [2.45, 2.75) is 69.1 Å². The van der Waals surface area contributed by atoms with Crippen LogP contribution in [-0.2, 0) is 33.4 Å². The van der Waals surface area contributed by atoms with Crippen molar-refractivity contribution >= 4 is 5.97 Å². The number of esters is 1. The fourth-order valence-corrected chi connectivity index (χ4v) is 5.67. The number of phenols is 1. The SMILES string of the molecule is CCOC(=O)C(F)N1CC[C@@]2(Cc3ccc(O)cc3)c3ccc(C(C)(O)C(F)(F)F)cc3CC[C@@H]12. The summed E-state index contributed by atoms with van der Waals surface area (Å²) in [5.41, 5.74) is -1.56. The second-order valence-electron chi connectivity index (χ2n) is 9.57. The van der Waals surface area contributed by atoms with Gasteiger partial charge in [-0.3, -0.25) is 4.90 Å². The molecule has 2 aromatic rings. The number of ether oxygens (including phenoxy) is 1. The van der Waals surface area contributed by atoms with Gasteiger partial charge in [0.05, 0.1) is 6.61 Å². The lowest BCUT2D eigenvalue weighted by atomic mass is 9.63. The summed E-state index contributed by atoms with van der Waals surface area (Å²) in [6, 6.07) is 10.6. The van der Waals surface area contributed by atoms with Gasteiger partial charge in [0.2, 0.25) is 0 Å². The zero-order chi connectivity index (χ0) is 25.6. The Hall–Kier alpha value is -2.65. The molecule has 1 heterocycles. The quantitative estimate of drug-likeness (QED) is 0.350. The van der Waals surface area contributed by atoms with E-state index in [9.17, 15) is 28.2 Å². The Kier molecular flexibility index (Phi) is 6.61. The van der Waals surface area contributed by atoms with Crippen LogP contribution in [0.3, 0.4) is 0 Å². The molecule has 35 heavy (non-hydrogen) atoms. The van der Waals surface area contributed by atoms with Crippen molar-refractivity contribution in [3.8, 4) is 5.75 Å². The Morgan fingerprint density at radius 1 is 1.23 bits per heavy atom. The monoisotopic (exact) mass is 495 g/mol. The molecule has 2 aliphatic rings. The molecule has 0 spiro atoms. The van der Waals surface area contributed by atoms with Crippen LogP contribution in [0.1, 0.15) is 48.9 Å². The number of carbonyl (C=O) groups excluding carboxylic acids is 1. The predicted octanol–water partition coefficient (Wildman–Crippen LogP) is 4.52. The molecule has 1 saturated heterocycles. The molecule has 5 nitrogen and oxygen atoms in total. The summed E-state index contributed by atoms with van der Waals surface area (Å²) in [4.78, 5) is 13.7. The van der Waals surface area contributed by atoms with Crippen LogP contribution in [0.25, 0.3) is 0 Å². The van der Waals surface area contributed by atoms with Gasteiger partial charge in [-0.2, -0.15) is 13.2 Å². The summed E-state index contributed by atoms with van der Waals surface area (Å²) in [6.45, 7) is 2.68. The Balaban J connectivity index is 1.78. The van der Waals surface area contributed by atoms with Gasteiger partial charge in [-0.05, 0) is 73.9 Å². The van der Waals surface area contributed by atoms with Crippen molar-refractivity contribution in [1.29, 1.82) is 0 Å². The molecule has 190 valence electrons. The zero-order valence-corrected chi connectivity index (χ0v) is 19.6. The number of benzene rings is 2. The second-order valence-corrected chi connectivity index (χ2v) is 9.57. The lowest BCUT2D eigenvalue weighted by molar-refractivity contribution is -0.258.